The number of aromatic nitrogens is 1. The molecule has 1 amide bonds. The van der Waals surface area contributed by atoms with Crippen molar-refractivity contribution in [2.24, 2.45) is 0 Å². The van der Waals surface area contributed by atoms with E-state index in [1.165, 1.54) is 11.8 Å². The standard InChI is InChI=1S/C20H17N3OS/c24-19(17-9-5-11-21-14-17)23-20(25)22-18-10-4-8-16(13-18)12-15-6-2-1-3-7-15/h1-11,13-14H,12H2,(H2,22,23,24,25). The first-order valence-corrected chi connectivity index (χ1v) is 8.27. The smallest absolute Gasteiger partial charge is 0.258 e. The van der Waals surface area contributed by atoms with Crippen molar-refractivity contribution in [1.29, 1.82) is 0 Å². The van der Waals surface area contributed by atoms with E-state index in [1.807, 2.05) is 36.4 Å². The highest BCUT2D eigenvalue weighted by Crippen LogP contribution is 2.14. The number of thiocarbonyl (C=S) groups is 1. The molecule has 3 aromatic rings. The highest BCUT2D eigenvalue weighted by atomic mass is 32.1. The summed E-state index contributed by atoms with van der Waals surface area (Å²) in [6.45, 7) is 0. The summed E-state index contributed by atoms with van der Waals surface area (Å²) in [5, 5.41) is 5.96. The molecular formula is C20H17N3OS. The minimum Gasteiger partial charge on any atom is -0.332 e. The van der Waals surface area contributed by atoms with Gasteiger partial charge in [0.25, 0.3) is 5.91 Å². The van der Waals surface area contributed by atoms with E-state index in [-0.39, 0.29) is 11.0 Å². The summed E-state index contributed by atoms with van der Waals surface area (Å²) < 4.78 is 0. The zero-order valence-corrected chi connectivity index (χ0v) is 14.3. The highest BCUT2D eigenvalue weighted by molar-refractivity contribution is 7.80. The molecule has 0 saturated carbocycles. The number of carbonyl (C=O) groups is 1. The second-order valence-electron chi connectivity index (χ2n) is 5.51. The number of pyridine rings is 1. The minimum atomic E-state index is -0.286. The van der Waals surface area contributed by atoms with Crippen molar-refractivity contribution >= 4 is 28.9 Å². The molecule has 1 aromatic heterocycles. The molecule has 0 aliphatic carbocycles. The van der Waals surface area contributed by atoms with Gasteiger partial charge in [-0.05, 0) is 54.0 Å². The molecular weight excluding hydrogens is 330 g/mol. The molecule has 124 valence electrons. The number of rotatable bonds is 4. The molecule has 2 N–H and O–H groups in total. The fourth-order valence-electron chi connectivity index (χ4n) is 2.43. The summed E-state index contributed by atoms with van der Waals surface area (Å²) >= 11 is 5.22. The first kappa shape index (κ1) is 16.8. The van der Waals surface area contributed by atoms with Crippen LogP contribution in [-0.2, 0) is 6.42 Å². The predicted octanol–water partition coefficient (Wildman–Crippen LogP) is 3.80. The fraction of sp³-hybridized carbons (Fsp3) is 0.0500. The van der Waals surface area contributed by atoms with Crippen molar-refractivity contribution in [2.75, 3.05) is 5.32 Å². The van der Waals surface area contributed by atoms with Gasteiger partial charge in [-0.15, -0.1) is 0 Å². The van der Waals surface area contributed by atoms with E-state index in [2.05, 4.69) is 33.8 Å². The van der Waals surface area contributed by atoms with E-state index < -0.39 is 0 Å². The SMILES string of the molecule is O=C(NC(=S)Nc1cccc(Cc2ccccc2)c1)c1cccnc1. The van der Waals surface area contributed by atoms with E-state index in [1.54, 1.807) is 18.3 Å². The fourth-order valence-corrected chi connectivity index (χ4v) is 2.64. The lowest BCUT2D eigenvalue weighted by molar-refractivity contribution is 0.0977. The Hall–Kier alpha value is -3.05. The molecule has 2 aromatic carbocycles. The maximum Gasteiger partial charge on any atom is 0.258 e. The van der Waals surface area contributed by atoms with Crippen LogP contribution >= 0.6 is 12.2 Å². The Bertz CT molecular complexity index is 866. The topological polar surface area (TPSA) is 54.0 Å². The summed E-state index contributed by atoms with van der Waals surface area (Å²) in [5.74, 6) is -0.286. The molecule has 3 rings (SSSR count). The van der Waals surface area contributed by atoms with Crippen molar-refractivity contribution in [3.63, 3.8) is 0 Å². The van der Waals surface area contributed by atoms with E-state index in [0.29, 0.717) is 5.56 Å². The van der Waals surface area contributed by atoms with Gasteiger partial charge in [0.2, 0.25) is 0 Å². The number of benzene rings is 2. The van der Waals surface area contributed by atoms with Crippen molar-refractivity contribution < 1.29 is 4.79 Å². The Morgan fingerprint density at radius 3 is 2.52 bits per heavy atom. The predicted molar refractivity (Wildman–Crippen MR) is 104 cm³/mol. The number of hydrogen-bond donors (Lipinski definition) is 2. The van der Waals surface area contributed by atoms with Gasteiger partial charge in [0.15, 0.2) is 5.11 Å². The summed E-state index contributed by atoms with van der Waals surface area (Å²) in [6, 6.07) is 21.6. The minimum absolute atomic E-state index is 0.255. The number of nitrogens with one attached hydrogen (secondary N) is 2. The Kier molecular flexibility index (Phi) is 5.49. The Morgan fingerprint density at radius 2 is 1.76 bits per heavy atom. The lowest BCUT2D eigenvalue weighted by Gasteiger charge is -2.11. The molecule has 25 heavy (non-hydrogen) atoms. The van der Waals surface area contributed by atoms with Crippen molar-refractivity contribution in [3.05, 3.63) is 95.8 Å². The average molecular weight is 347 g/mol. The average Bonchev–Trinajstić information content (AvgIpc) is 2.63. The number of amides is 1. The zero-order chi connectivity index (χ0) is 17.5. The molecule has 5 heteroatoms. The van der Waals surface area contributed by atoms with Crippen LogP contribution in [0.25, 0.3) is 0 Å². The number of hydrogen-bond acceptors (Lipinski definition) is 3. The molecule has 0 spiro atoms. The quantitative estimate of drug-likeness (QED) is 0.705. The van der Waals surface area contributed by atoms with Crippen molar-refractivity contribution in [2.45, 2.75) is 6.42 Å². The van der Waals surface area contributed by atoms with Gasteiger partial charge in [-0.1, -0.05) is 42.5 Å². The van der Waals surface area contributed by atoms with Crippen LogP contribution in [-0.4, -0.2) is 16.0 Å². The lowest BCUT2D eigenvalue weighted by Crippen LogP contribution is -2.34. The molecule has 0 fully saturated rings. The van der Waals surface area contributed by atoms with Gasteiger partial charge in [0, 0.05) is 18.1 Å². The first-order chi connectivity index (χ1) is 12.2. The van der Waals surface area contributed by atoms with Crippen LogP contribution in [0.5, 0.6) is 0 Å². The number of carbonyl (C=O) groups excluding carboxylic acids is 1. The molecule has 4 nitrogen and oxygen atoms in total. The van der Waals surface area contributed by atoms with Gasteiger partial charge in [0.05, 0.1) is 5.56 Å². The van der Waals surface area contributed by atoms with Gasteiger partial charge in [-0.2, -0.15) is 0 Å². The molecule has 1 heterocycles. The first-order valence-electron chi connectivity index (χ1n) is 7.86. The normalized spacial score (nSPS) is 10.1. The van der Waals surface area contributed by atoms with Crippen LogP contribution < -0.4 is 10.6 Å². The maximum atomic E-state index is 12.1. The van der Waals surface area contributed by atoms with Crippen LogP contribution in [0.4, 0.5) is 5.69 Å². The highest BCUT2D eigenvalue weighted by Gasteiger charge is 2.08. The summed E-state index contributed by atoms with van der Waals surface area (Å²) in [6.07, 6.45) is 3.95. The van der Waals surface area contributed by atoms with Crippen molar-refractivity contribution in [3.8, 4) is 0 Å². The molecule has 0 unspecified atom stereocenters. The van der Waals surface area contributed by atoms with E-state index in [4.69, 9.17) is 12.2 Å². The molecule has 0 atom stereocenters. The molecule has 0 saturated heterocycles. The summed E-state index contributed by atoms with van der Waals surface area (Å²) in [7, 11) is 0. The van der Waals surface area contributed by atoms with Gasteiger partial charge >= 0.3 is 0 Å². The van der Waals surface area contributed by atoms with E-state index in [9.17, 15) is 4.79 Å². The lowest BCUT2D eigenvalue weighted by atomic mass is 10.0. The molecule has 0 bridgehead atoms. The second-order valence-corrected chi connectivity index (χ2v) is 5.92. The molecule has 0 aliphatic rings. The van der Waals surface area contributed by atoms with E-state index >= 15 is 0 Å². The third-order valence-electron chi connectivity index (χ3n) is 3.59. The van der Waals surface area contributed by atoms with Gasteiger partial charge in [-0.25, -0.2) is 0 Å². The van der Waals surface area contributed by atoms with Gasteiger partial charge < -0.3 is 5.32 Å². The Morgan fingerprint density at radius 1 is 0.960 bits per heavy atom. The Balaban J connectivity index is 1.62. The third-order valence-corrected chi connectivity index (χ3v) is 3.79. The van der Waals surface area contributed by atoms with Crippen LogP contribution in [0.1, 0.15) is 21.5 Å². The third kappa shape index (κ3) is 4.96. The molecule has 0 aliphatic heterocycles. The van der Waals surface area contributed by atoms with Crippen LogP contribution in [0, 0.1) is 0 Å². The maximum absolute atomic E-state index is 12.1. The van der Waals surface area contributed by atoms with Gasteiger partial charge in [0.1, 0.15) is 0 Å². The number of nitrogens with zero attached hydrogens (tertiary/aromatic N) is 1. The summed E-state index contributed by atoms with van der Waals surface area (Å²) in [5.41, 5.74) is 3.71. The van der Waals surface area contributed by atoms with Crippen molar-refractivity contribution in [1.82, 2.24) is 10.3 Å². The zero-order valence-electron chi connectivity index (χ0n) is 13.5. The van der Waals surface area contributed by atoms with Crippen LogP contribution in [0.15, 0.2) is 79.1 Å². The summed E-state index contributed by atoms with van der Waals surface area (Å²) in [4.78, 5) is 16.0. The van der Waals surface area contributed by atoms with E-state index in [0.717, 1.165) is 17.7 Å². The monoisotopic (exact) mass is 347 g/mol. The second kappa shape index (κ2) is 8.17. The number of anilines is 1. The Labute approximate surface area is 151 Å². The molecule has 0 radical (unpaired) electrons. The van der Waals surface area contributed by atoms with Crippen LogP contribution in [0.3, 0.4) is 0 Å². The largest absolute Gasteiger partial charge is 0.332 e. The van der Waals surface area contributed by atoms with Crippen LogP contribution in [0.2, 0.25) is 0 Å². The van der Waals surface area contributed by atoms with Gasteiger partial charge in [-0.3, -0.25) is 15.1 Å².